The van der Waals surface area contributed by atoms with E-state index in [0.29, 0.717) is 13.0 Å². The van der Waals surface area contributed by atoms with E-state index < -0.39 is 0 Å². The Kier molecular flexibility index (Phi) is 5.46. The van der Waals surface area contributed by atoms with Crippen molar-refractivity contribution in [1.82, 2.24) is 20.1 Å². The van der Waals surface area contributed by atoms with E-state index in [9.17, 15) is 4.79 Å². The fourth-order valence-electron chi connectivity index (χ4n) is 3.77. The van der Waals surface area contributed by atoms with Crippen molar-refractivity contribution < 1.29 is 4.79 Å². The van der Waals surface area contributed by atoms with Gasteiger partial charge in [0.05, 0.1) is 0 Å². The molecule has 0 atom stereocenters. The van der Waals surface area contributed by atoms with Gasteiger partial charge in [0, 0.05) is 32.4 Å². The van der Waals surface area contributed by atoms with E-state index in [1.165, 1.54) is 44.9 Å². The van der Waals surface area contributed by atoms with Crippen molar-refractivity contribution in [1.29, 1.82) is 0 Å². The van der Waals surface area contributed by atoms with Gasteiger partial charge in [-0.1, -0.05) is 32.1 Å². The Morgan fingerprint density at radius 3 is 2.86 bits per heavy atom. The molecule has 0 unspecified atom stereocenters. The van der Waals surface area contributed by atoms with Crippen LogP contribution >= 0.6 is 0 Å². The van der Waals surface area contributed by atoms with Gasteiger partial charge in [0.1, 0.15) is 11.6 Å². The average Bonchev–Trinajstić information content (AvgIpc) is 3.11. The third-order valence-electron chi connectivity index (χ3n) is 5.11. The first-order valence-corrected chi connectivity index (χ1v) is 9.00. The van der Waals surface area contributed by atoms with E-state index in [1.54, 1.807) is 0 Å². The van der Waals surface area contributed by atoms with Crippen LogP contribution in [0.25, 0.3) is 0 Å². The molecule has 1 N–H and O–H groups in total. The van der Waals surface area contributed by atoms with Crippen molar-refractivity contribution in [2.75, 3.05) is 6.54 Å². The smallest absolute Gasteiger partial charge is 0.220 e. The lowest BCUT2D eigenvalue weighted by Crippen LogP contribution is -2.26. The number of amides is 1. The topological polar surface area (TPSA) is 59.8 Å². The summed E-state index contributed by atoms with van der Waals surface area (Å²) in [6, 6.07) is 0. The molecule has 3 rings (SSSR count). The zero-order valence-corrected chi connectivity index (χ0v) is 13.5. The molecule has 1 aliphatic carbocycles. The summed E-state index contributed by atoms with van der Waals surface area (Å²) in [5.41, 5.74) is 0. The monoisotopic (exact) mass is 304 g/mol. The molecule has 122 valence electrons. The SMILES string of the molecule is O=C(CCC1CCCC1)NCCc1nnc2n1CCCCC2. The van der Waals surface area contributed by atoms with Gasteiger partial charge in [-0.2, -0.15) is 0 Å². The van der Waals surface area contributed by atoms with Crippen LogP contribution in [0.5, 0.6) is 0 Å². The van der Waals surface area contributed by atoms with Crippen molar-refractivity contribution in [3.63, 3.8) is 0 Å². The molecule has 1 amide bonds. The van der Waals surface area contributed by atoms with Crippen LogP contribution in [0.3, 0.4) is 0 Å². The lowest BCUT2D eigenvalue weighted by molar-refractivity contribution is -0.121. The van der Waals surface area contributed by atoms with E-state index in [2.05, 4.69) is 20.1 Å². The Bertz CT molecular complexity index is 491. The predicted molar refractivity (Wildman–Crippen MR) is 85.5 cm³/mol. The van der Waals surface area contributed by atoms with Gasteiger partial charge < -0.3 is 9.88 Å². The predicted octanol–water partition coefficient (Wildman–Crippen LogP) is 2.63. The number of nitrogens with one attached hydrogen (secondary N) is 1. The second-order valence-electron chi connectivity index (χ2n) is 6.78. The summed E-state index contributed by atoms with van der Waals surface area (Å²) in [5, 5.41) is 11.7. The Hall–Kier alpha value is -1.39. The van der Waals surface area contributed by atoms with Gasteiger partial charge in [0.25, 0.3) is 0 Å². The molecular formula is C17H28N4O. The largest absolute Gasteiger partial charge is 0.356 e. The molecule has 0 saturated heterocycles. The zero-order valence-electron chi connectivity index (χ0n) is 13.5. The third kappa shape index (κ3) is 4.08. The Balaban J connectivity index is 1.39. The number of hydrogen-bond donors (Lipinski definition) is 1. The first-order chi connectivity index (χ1) is 10.8. The van der Waals surface area contributed by atoms with E-state index in [4.69, 9.17) is 0 Å². The number of aromatic nitrogens is 3. The Morgan fingerprint density at radius 1 is 1.14 bits per heavy atom. The summed E-state index contributed by atoms with van der Waals surface area (Å²) in [6.45, 7) is 1.72. The Labute approximate surface area is 132 Å². The molecular weight excluding hydrogens is 276 g/mol. The minimum Gasteiger partial charge on any atom is -0.356 e. The van der Waals surface area contributed by atoms with E-state index in [-0.39, 0.29) is 5.91 Å². The van der Waals surface area contributed by atoms with Crippen LogP contribution in [0, 0.1) is 5.92 Å². The molecule has 0 bridgehead atoms. The average molecular weight is 304 g/mol. The number of carbonyl (C=O) groups is 1. The van der Waals surface area contributed by atoms with Crippen molar-refractivity contribution in [3.8, 4) is 0 Å². The molecule has 2 heterocycles. The molecule has 2 aliphatic rings. The van der Waals surface area contributed by atoms with Crippen LogP contribution in [0.4, 0.5) is 0 Å². The molecule has 1 fully saturated rings. The lowest BCUT2D eigenvalue weighted by Gasteiger charge is -2.10. The lowest BCUT2D eigenvalue weighted by atomic mass is 10.0. The van der Waals surface area contributed by atoms with Crippen LogP contribution < -0.4 is 5.32 Å². The molecule has 0 spiro atoms. The van der Waals surface area contributed by atoms with Crippen molar-refractivity contribution in [2.24, 2.45) is 5.92 Å². The molecule has 1 aromatic heterocycles. The Morgan fingerprint density at radius 2 is 2.00 bits per heavy atom. The summed E-state index contributed by atoms with van der Waals surface area (Å²) in [5.74, 6) is 3.15. The maximum atomic E-state index is 11.9. The van der Waals surface area contributed by atoms with E-state index >= 15 is 0 Å². The van der Waals surface area contributed by atoms with Crippen LogP contribution in [-0.2, 0) is 24.2 Å². The van der Waals surface area contributed by atoms with Gasteiger partial charge in [-0.05, 0) is 25.2 Å². The molecule has 0 radical (unpaired) electrons. The first-order valence-electron chi connectivity index (χ1n) is 9.00. The number of rotatable bonds is 6. The van der Waals surface area contributed by atoms with Gasteiger partial charge in [0.15, 0.2) is 0 Å². The maximum absolute atomic E-state index is 11.9. The molecule has 1 saturated carbocycles. The summed E-state index contributed by atoms with van der Waals surface area (Å²) in [7, 11) is 0. The highest BCUT2D eigenvalue weighted by Gasteiger charge is 2.17. The normalized spacial score (nSPS) is 18.9. The molecule has 1 aliphatic heterocycles. The van der Waals surface area contributed by atoms with Gasteiger partial charge in [-0.3, -0.25) is 4.79 Å². The molecule has 5 heteroatoms. The second kappa shape index (κ2) is 7.75. The molecule has 22 heavy (non-hydrogen) atoms. The quantitative estimate of drug-likeness (QED) is 0.879. The van der Waals surface area contributed by atoms with Crippen LogP contribution in [0.15, 0.2) is 0 Å². The van der Waals surface area contributed by atoms with Crippen molar-refractivity contribution in [3.05, 3.63) is 11.6 Å². The number of carbonyl (C=O) groups excluding carboxylic acids is 1. The highest BCUT2D eigenvalue weighted by Crippen LogP contribution is 2.28. The van der Waals surface area contributed by atoms with Gasteiger partial charge in [-0.15, -0.1) is 10.2 Å². The fraction of sp³-hybridized carbons (Fsp3) is 0.824. The maximum Gasteiger partial charge on any atom is 0.220 e. The summed E-state index contributed by atoms with van der Waals surface area (Å²) >= 11 is 0. The van der Waals surface area contributed by atoms with E-state index in [1.807, 2.05) is 0 Å². The van der Waals surface area contributed by atoms with Crippen LogP contribution in [-0.4, -0.2) is 27.2 Å². The third-order valence-corrected chi connectivity index (χ3v) is 5.11. The van der Waals surface area contributed by atoms with Crippen molar-refractivity contribution >= 4 is 5.91 Å². The fourth-order valence-corrected chi connectivity index (χ4v) is 3.77. The summed E-state index contributed by atoms with van der Waals surface area (Å²) in [4.78, 5) is 11.9. The molecule has 0 aromatic carbocycles. The summed E-state index contributed by atoms with van der Waals surface area (Å²) in [6.07, 6.45) is 12.6. The van der Waals surface area contributed by atoms with Gasteiger partial charge in [-0.25, -0.2) is 0 Å². The summed E-state index contributed by atoms with van der Waals surface area (Å²) < 4.78 is 2.26. The minimum absolute atomic E-state index is 0.197. The molecule has 1 aromatic rings. The minimum atomic E-state index is 0.197. The zero-order chi connectivity index (χ0) is 15.2. The number of hydrogen-bond acceptors (Lipinski definition) is 3. The van der Waals surface area contributed by atoms with E-state index in [0.717, 1.165) is 43.4 Å². The number of aryl methyl sites for hydroxylation is 1. The van der Waals surface area contributed by atoms with Gasteiger partial charge >= 0.3 is 0 Å². The van der Waals surface area contributed by atoms with Crippen LogP contribution in [0.2, 0.25) is 0 Å². The second-order valence-corrected chi connectivity index (χ2v) is 6.78. The standard InChI is InChI=1S/C17H28N4O/c22-17(10-9-14-6-3-4-7-14)18-12-11-16-20-19-15-8-2-1-5-13-21(15)16/h14H,1-13H2,(H,18,22). The first kappa shape index (κ1) is 15.5. The van der Waals surface area contributed by atoms with Gasteiger partial charge in [0.2, 0.25) is 5.91 Å². The van der Waals surface area contributed by atoms with Crippen molar-refractivity contribution in [2.45, 2.75) is 77.2 Å². The highest BCUT2D eigenvalue weighted by molar-refractivity contribution is 5.75. The highest BCUT2D eigenvalue weighted by atomic mass is 16.1. The number of fused-ring (bicyclic) bond motifs is 1. The van der Waals surface area contributed by atoms with Crippen LogP contribution in [0.1, 0.15) is 69.4 Å². The number of nitrogens with zero attached hydrogens (tertiary/aromatic N) is 3. The molecule has 5 nitrogen and oxygen atoms in total.